The molecule has 1 N–H and O–H groups in total. The third kappa shape index (κ3) is 4.75. The molecule has 1 atom stereocenters. The number of aromatic nitrogens is 2. The van der Waals surface area contributed by atoms with Gasteiger partial charge in [0.15, 0.2) is 0 Å². The molecule has 0 saturated carbocycles. The maximum Gasteiger partial charge on any atom is 0.227 e. The van der Waals surface area contributed by atoms with Gasteiger partial charge in [-0.15, -0.1) is 0 Å². The summed E-state index contributed by atoms with van der Waals surface area (Å²) in [6, 6.07) is 17.4. The molecule has 0 fully saturated rings. The van der Waals surface area contributed by atoms with E-state index < -0.39 is 0 Å². The van der Waals surface area contributed by atoms with Crippen molar-refractivity contribution in [3.05, 3.63) is 83.2 Å². The van der Waals surface area contributed by atoms with Crippen molar-refractivity contribution in [2.75, 3.05) is 5.32 Å². The molecule has 2 aromatic carbocycles. The molecule has 2 amide bonds. The highest BCUT2D eigenvalue weighted by atomic mass is 16.2. The largest absolute Gasteiger partial charge is 0.311 e. The summed E-state index contributed by atoms with van der Waals surface area (Å²) in [5, 5.41) is 7.86. The fraction of sp³-hybridized carbons (Fsp3) is 0.296. The molecule has 0 spiro atoms. The van der Waals surface area contributed by atoms with Crippen LogP contribution < -0.4 is 5.32 Å². The Hall–Kier alpha value is -3.67. The minimum Gasteiger partial charge on any atom is -0.311 e. The van der Waals surface area contributed by atoms with Crippen molar-refractivity contribution >= 4 is 23.7 Å². The number of amides is 2. The summed E-state index contributed by atoms with van der Waals surface area (Å²) in [6.07, 6.45) is 3.82. The van der Waals surface area contributed by atoms with Crippen LogP contribution in [0.15, 0.2) is 60.8 Å². The number of hydrogen-bond acceptors (Lipinski definition) is 3. The van der Waals surface area contributed by atoms with Gasteiger partial charge < -0.3 is 10.2 Å². The van der Waals surface area contributed by atoms with E-state index >= 15 is 0 Å². The van der Waals surface area contributed by atoms with E-state index in [2.05, 4.69) is 26.1 Å². The number of nitrogens with zero attached hydrogens (tertiary/aromatic N) is 3. The summed E-state index contributed by atoms with van der Waals surface area (Å²) in [5.74, 6) is 0.341. The molecule has 6 nitrogen and oxygen atoms in total. The molecule has 4 rings (SSSR count). The SMILES string of the molecule is CC(=O)N1C=Cc2ccccc2C1CC(=O)Nc1cc(C(C)(C)C)nn1-c1cccc(C)c1. The van der Waals surface area contributed by atoms with Gasteiger partial charge in [-0.05, 0) is 41.8 Å². The second kappa shape index (κ2) is 8.70. The highest BCUT2D eigenvalue weighted by Crippen LogP contribution is 2.33. The van der Waals surface area contributed by atoms with Crippen molar-refractivity contribution in [1.29, 1.82) is 0 Å². The molecule has 3 aromatic rings. The van der Waals surface area contributed by atoms with Crippen LogP contribution in [-0.4, -0.2) is 26.5 Å². The van der Waals surface area contributed by atoms with Gasteiger partial charge in [0, 0.05) is 24.6 Å². The molecule has 6 heteroatoms. The van der Waals surface area contributed by atoms with E-state index in [4.69, 9.17) is 5.10 Å². The van der Waals surface area contributed by atoms with Crippen molar-refractivity contribution in [2.24, 2.45) is 0 Å². The average molecular weight is 443 g/mol. The van der Waals surface area contributed by atoms with Gasteiger partial charge >= 0.3 is 0 Å². The Morgan fingerprint density at radius 2 is 1.82 bits per heavy atom. The number of nitrogens with one attached hydrogen (secondary N) is 1. The lowest BCUT2D eigenvalue weighted by atomic mass is 9.92. The Morgan fingerprint density at radius 3 is 2.52 bits per heavy atom. The topological polar surface area (TPSA) is 67.2 Å². The van der Waals surface area contributed by atoms with Gasteiger partial charge in [-0.2, -0.15) is 5.10 Å². The standard InChI is InChI=1S/C27H30N4O2/c1-18-9-8-11-21(15-18)31-25(17-24(29-31)27(3,4)5)28-26(33)16-23-22-12-7-6-10-20(22)13-14-30(23)19(2)32/h6-15,17,23H,16H2,1-5H3,(H,28,33). The second-order valence-corrected chi connectivity index (χ2v) is 9.55. The molecule has 170 valence electrons. The first kappa shape index (κ1) is 22.5. The van der Waals surface area contributed by atoms with Crippen molar-refractivity contribution in [2.45, 2.75) is 52.5 Å². The van der Waals surface area contributed by atoms with Crippen LogP contribution in [-0.2, 0) is 15.0 Å². The lowest BCUT2D eigenvalue weighted by Gasteiger charge is -2.32. The first-order valence-corrected chi connectivity index (χ1v) is 11.2. The van der Waals surface area contributed by atoms with Crippen molar-refractivity contribution < 1.29 is 9.59 Å². The average Bonchev–Trinajstić information content (AvgIpc) is 3.18. The Bertz CT molecular complexity index is 1230. The normalized spacial score (nSPS) is 15.3. The van der Waals surface area contributed by atoms with Crippen LogP contribution in [0.3, 0.4) is 0 Å². The van der Waals surface area contributed by atoms with Gasteiger partial charge in [0.2, 0.25) is 11.8 Å². The maximum absolute atomic E-state index is 13.3. The number of benzene rings is 2. The lowest BCUT2D eigenvalue weighted by molar-refractivity contribution is -0.129. The zero-order valence-corrected chi connectivity index (χ0v) is 19.8. The van der Waals surface area contributed by atoms with Crippen molar-refractivity contribution in [3.8, 4) is 5.69 Å². The number of fused-ring (bicyclic) bond motifs is 1. The van der Waals surface area contributed by atoms with Crippen molar-refractivity contribution in [1.82, 2.24) is 14.7 Å². The molecule has 1 aliphatic heterocycles. The molecular formula is C27H30N4O2. The van der Waals surface area contributed by atoms with E-state index in [9.17, 15) is 9.59 Å². The third-order valence-electron chi connectivity index (χ3n) is 5.84. The Balaban J connectivity index is 1.65. The van der Waals surface area contributed by atoms with Crippen LogP contribution in [0, 0.1) is 6.92 Å². The van der Waals surface area contributed by atoms with Crippen LogP contribution in [0.5, 0.6) is 0 Å². The monoisotopic (exact) mass is 442 g/mol. The second-order valence-electron chi connectivity index (χ2n) is 9.55. The lowest BCUT2D eigenvalue weighted by Crippen LogP contribution is -2.33. The molecule has 2 heterocycles. The summed E-state index contributed by atoms with van der Waals surface area (Å²) in [6.45, 7) is 9.83. The molecule has 1 unspecified atom stereocenters. The number of anilines is 1. The number of hydrogen-bond donors (Lipinski definition) is 1. The highest BCUT2D eigenvalue weighted by molar-refractivity contribution is 5.91. The summed E-state index contributed by atoms with van der Waals surface area (Å²) in [4.78, 5) is 27.2. The van der Waals surface area contributed by atoms with Crippen LogP contribution in [0.25, 0.3) is 11.8 Å². The summed E-state index contributed by atoms with van der Waals surface area (Å²) in [7, 11) is 0. The quantitative estimate of drug-likeness (QED) is 0.590. The van der Waals surface area contributed by atoms with E-state index in [0.717, 1.165) is 28.1 Å². The van der Waals surface area contributed by atoms with Gasteiger partial charge in [-0.3, -0.25) is 9.59 Å². The van der Waals surface area contributed by atoms with Crippen LogP contribution in [0.4, 0.5) is 5.82 Å². The Labute approximate surface area is 194 Å². The first-order valence-electron chi connectivity index (χ1n) is 11.2. The molecule has 0 radical (unpaired) electrons. The summed E-state index contributed by atoms with van der Waals surface area (Å²) < 4.78 is 1.78. The van der Waals surface area contributed by atoms with E-state index in [1.54, 1.807) is 15.8 Å². The predicted octanol–water partition coefficient (Wildman–Crippen LogP) is 5.38. The smallest absolute Gasteiger partial charge is 0.227 e. The maximum atomic E-state index is 13.3. The fourth-order valence-electron chi connectivity index (χ4n) is 4.08. The first-order chi connectivity index (χ1) is 15.6. The van der Waals surface area contributed by atoms with Crippen molar-refractivity contribution in [3.63, 3.8) is 0 Å². The molecular weight excluding hydrogens is 412 g/mol. The molecule has 1 aliphatic rings. The highest BCUT2D eigenvalue weighted by Gasteiger charge is 2.29. The van der Waals surface area contributed by atoms with Gasteiger partial charge in [-0.25, -0.2) is 4.68 Å². The fourth-order valence-corrected chi connectivity index (χ4v) is 4.08. The zero-order valence-electron chi connectivity index (χ0n) is 19.8. The van der Waals surface area contributed by atoms with E-state index in [-0.39, 0.29) is 29.7 Å². The Morgan fingerprint density at radius 1 is 1.06 bits per heavy atom. The number of carbonyl (C=O) groups excluding carboxylic acids is 2. The Kier molecular flexibility index (Phi) is 5.93. The molecule has 0 saturated heterocycles. The summed E-state index contributed by atoms with van der Waals surface area (Å²) in [5.41, 5.74) is 4.70. The predicted molar refractivity (Wildman–Crippen MR) is 131 cm³/mol. The van der Waals surface area contributed by atoms with Crippen LogP contribution in [0.1, 0.15) is 62.5 Å². The minimum atomic E-state index is -0.360. The van der Waals surface area contributed by atoms with E-state index in [0.29, 0.717) is 5.82 Å². The van der Waals surface area contributed by atoms with Gasteiger partial charge in [-0.1, -0.05) is 57.2 Å². The number of rotatable bonds is 4. The van der Waals surface area contributed by atoms with E-state index in [1.165, 1.54) is 6.92 Å². The molecule has 33 heavy (non-hydrogen) atoms. The molecule has 0 aliphatic carbocycles. The van der Waals surface area contributed by atoms with E-state index in [1.807, 2.05) is 67.6 Å². The van der Waals surface area contributed by atoms with Crippen LogP contribution >= 0.6 is 0 Å². The molecule has 1 aromatic heterocycles. The number of carbonyl (C=O) groups is 2. The third-order valence-corrected chi connectivity index (χ3v) is 5.84. The van der Waals surface area contributed by atoms with Gasteiger partial charge in [0.25, 0.3) is 0 Å². The van der Waals surface area contributed by atoms with Gasteiger partial charge in [0.05, 0.1) is 23.8 Å². The van der Waals surface area contributed by atoms with Gasteiger partial charge in [0.1, 0.15) is 5.82 Å². The number of aryl methyl sites for hydroxylation is 1. The molecule has 0 bridgehead atoms. The minimum absolute atomic E-state index is 0.0987. The summed E-state index contributed by atoms with van der Waals surface area (Å²) >= 11 is 0. The zero-order chi connectivity index (χ0) is 23.8. The van der Waals surface area contributed by atoms with Crippen LogP contribution in [0.2, 0.25) is 0 Å².